The van der Waals surface area contributed by atoms with Crippen molar-refractivity contribution in [3.05, 3.63) is 0 Å². The van der Waals surface area contributed by atoms with Crippen LogP contribution in [0.1, 0.15) is 0 Å². The minimum absolute atomic E-state index is 2.58. The van der Waals surface area contributed by atoms with Gasteiger partial charge in [-0.2, -0.15) is 35.1 Å². The molecule has 1 fully saturated rings. The van der Waals surface area contributed by atoms with Gasteiger partial charge in [0.2, 0.25) is 6.17 Å². The van der Waals surface area contributed by atoms with Crippen molar-refractivity contribution in [2.24, 2.45) is 0 Å². The maximum Gasteiger partial charge on any atom is 0.350 e. The maximum atomic E-state index is 11.2. The largest absolute Gasteiger partial charge is 0.350 e. The number of alkyl halides is 9. The zero-order chi connectivity index (χ0) is 12.4. The summed E-state index contributed by atoms with van der Waals surface area (Å²) in [5.41, 5.74) is 0. The average molecular weight is 250 g/mol. The Kier molecular flexibility index (Phi) is 4.26. The topological polar surface area (TPSA) is 9.23 Å². The monoisotopic (exact) mass is 250 g/mol. The molecule has 0 radical (unpaired) electrons. The Morgan fingerprint density at radius 2 is 1.00 bits per heavy atom. The molecule has 92 valence electrons. The third kappa shape index (κ3) is 3.43. The Morgan fingerprint density at radius 1 is 0.800 bits per heavy atom. The van der Waals surface area contributed by atoms with E-state index in [1.54, 1.807) is 0 Å². The lowest BCUT2D eigenvalue weighted by molar-refractivity contribution is -0.245. The van der Waals surface area contributed by atoms with E-state index < -0.39 is 31.2 Å². The summed E-state index contributed by atoms with van der Waals surface area (Å²) in [4.78, 5) is 0. The first-order valence-electron chi connectivity index (χ1n) is 3.15. The fourth-order valence-electron chi connectivity index (χ4n) is 0.383. The molecule has 0 bridgehead atoms. The molecule has 0 heterocycles. The standard InChI is InChI=1S/C3HF5.C2H2F4O/c4-1-2(5,6)3(1,7)8;3-1(4)7-2(5)6/h1H;1-2H. The van der Waals surface area contributed by atoms with E-state index in [9.17, 15) is 39.5 Å². The van der Waals surface area contributed by atoms with E-state index in [0.717, 1.165) is 0 Å². The van der Waals surface area contributed by atoms with Crippen LogP contribution in [-0.4, -0.2) is 31.2 Å². The Hall–Kier alpha value is -0.670. The molecule has 1 rings (SSSR count). The summed E-state index contributed by atoms with van der Waals surface area (Å²) >= 11 is 0. The van der Waals surface area contributed by atoms with E-state index in [1.165, 1.54) is 0 Å². The SMILES string of the molecule is FC(F)OC(F)F.FC1C(F)(F)C1(F)F. The van der Waals surface area contributed by atoms with Crippen molar-refractivity contribution in [1.29, 1.82) is 0 Å². The predicted molar refractivity (Wildman–Crippen MR) is 27.9 cm³/mol. The molecule has 0 spiro atoms. The third-order valence-electron chi connectivity index (χ3n) is 1.20. The van der Waals surface area contributed by atoms with Crippen LogP contribution in [0.25, 0.3) is 0 Å². The van der Waals surface area contributed by atoms with Crippen molar-refractivity contribution >= 4 is 0 Å². The molecule has 0 saturated heterocycles. The van der Waals surface area contributed by atoms with E-state index in [1.807, 2.05) is 0 Å². The number of rotatable bonds is 2. The van der Waals surface area contributed by atoms with Gasteiger partial charge in [-0.15, -0.1) is 0 Å². The van der Waals surface area contributed by atoms with Crippen molar-refractivity contribution in [2.45, 2.75) is 31.2 Å². The van der Waals surface area contributed by atoms with Gasteiger partial charge in [-0.05, 0) is 0 Å². The lowest BCUT2D eigenvalue weighted by Crippen LogP contribution is -2.03. The second-order valence-electron chi connectivity index (χ2n) is 2.27. The van der Waals surface area contributed by atoms with Gasteiger partial charge in [-0.1, -0.05) is 0 Å². The lowest BCUT2D eigenvalue weighted by Gasteiger charge is -1.95. The second kappa shape index (κ2) is 4.45. The molecule has 0 aromatic carbocycles. The molecule has 0 aliphatic heterocycles. The fourth-order valence-corrected chi connectivity index (χ4v) is 0.383. The first-order chi connectivity index (χ1) is 6.53. The van der Waals surface area contributed by atoms with Gasteiger partial charge in [-0.3, -0.25) is 4.74 Å². The van der Waals surface area contributed by atoms with Crippen molar-refractivity contribution in [1.82, 2.24) is 0 Å². The molecule has 0 aromatic rings. The highest BCUT2D eigenvalue weighted by Crippen LogP contribution is 2.58. The van der Waals surface area contributed by atoms with Crippen LogP contribution in [0, 0.1) is 0 Å². The molecular formula is C5H3F9O. The van der Waals surface area contributed by atoms with Crippen LogP contribution in [0.3, 0.4) is 0 Å². The third-order valence-corrected chi connectivity index (χ3v) is 1.20. The number of halogens is 9. The molecule has 1 aliphatic rings. The van der Waals surface area contributed by atoms with Crippen molar-refractivity contribution in [3.63, 3.8) is 0 Å². The van der Waals surface area contributed by atoms with Gasteiger partial charge in [0.25, 0.3) is 0 Å². The van der Waals surface area contributed by atoms with Crippen LogP contribution >= 0.6 is 0 Å². The lowest BCUT2D eigenvalue weighted by atomic mass is 10.8. The Labute approximate surface area is 76.8 Å². The fraction of sp³-hybridized carbons (Fsp3) is 1.00. The molecule has 1 nitrogen and oxygen atoms in total. The maximum absolute atomic E-state index is 11.2. The van der Waals surface area contributed by atoms with Crippen molar-refractivity contribution in [3.8, 4) is 0 Å². The normalized spacial score (nSPS) is 22.6. The quantitative estimate of drug-likeness (QED) is 0.684. The summed E-state index contributed by atoms with van der Waals surface area (Å²) < 4.78 is 101. The number of hydrogen-bond donors (Lipinski definition) is 0. The predicted octanol–water partition coefficient (Wildman–Crippen LogP) is 3.06. The van der Waals surface area contributed by atoms with Crippen LogP contribution < -0.4 is 0 Å². The smallest absolute Gasteiger partial charge is 0.260 e. The zero-order valence-electron chi connectivity index (χ0n) is 6.54. The van der Waals surface area contributed by atoms with Gasteiger partial charge >= 0.3 is 25.1 Å². The number of hydrogen-bond acceptors (Lipinski definition) is 1. The highest BCUT2D eigenvalue weighted by atomic mass is 19.3. The summed E-state index contributed by atoms with van der Waals surface area (Å²) in [5.74, 6) is -8.79. The molecular weight excluding hydrogens is 247 g/mol. The molecule has 1 saturated carbocycles. The van der Waals surface area contributed by atoms with Crippen LogP contribution in [0.15, 0.2) is 0 Å². The van der Waals surface area contributed by atoms with E-state index >= 15 is 0 Å². The van der Waals surface area contributed by atoms with Crippen molar-refractivity contribution in [2.75, 3.05) is 0 Å². The molecule has 0 atom stereocenters. The summed E-state index contributed by atoms with van der Waals surface area (Å²) in [5, 5.41) is 0. The molecule has 15 heavy (non-hydrogen) atoms. The molecule has 0 amide bonds. The van der Waals surface area contributed by atoms with E-state index in [-0.39, 0.29) is 0 Å². The highest BCUT2D eigenvalue weighted by molar-refractivity contribution is 5.15. The first-order valence-corrected chi connectivity index (χ1v) is 3.15. The second-order valence-corrected chi connectivity index (χ2v) is 2.27. The molecule has 0 unspecified atom stereocenters. The van der Waals surface area contributed by atoms with Crippen LogP contribution in [0.4, 0.5) is 39.5 Å². The first kappa shape index (κ1) is 14.3. The van der Waals surface area contributed by atoms with Gasteiger partial charge in [0.05, 0.1) is 0 Å². The van der Waals surface area contributed by atoms with Gasteiger partial charge in [0.15, 0.2) is 0 Å². The van der Waals surface area contributed by atoms with Crippen molar-refractivity contribution < 1.29 is 44.3 Å². The van der Waals surface area contributed by atoms with E-state index in [0.29, 0.717) is 0 Å². The Balaban J connectivity index is 0.000000265. The van der Waals surface area contributed by atoms with E-state index in [4.69, 9.17) is 0 Å². The van der Waals surface area contributed by atoms with Crippen LogP contribution in [0.5, 0.6) is 0 Å². The highest BCUT2D eigenvalue weighted by Gasteiger charge is 2.87. The van der Waals surface area contributed by atoms with Gasteiger partial charge in [0, 0.05) is 0 Å². The molecule has 1 aliphatic carbocycles. The minimum atomic E-state index is -4.40. The van der Waals surface area contributed by atoms with Gasteiger partial charge in [-0.25, -0.2) is 4.39 Å². The van der Waals surface area contributed by atoms with Crippen LogP contribution in [0.2, 0.25) is 0 Å². The summed E-state index contributed by atoms with van der Waals surface area (Å²) in [6.45, 7) is -6.75. The summed E-state index contributed by atoms with van der Waals surface area (Å²) in [6.07, 6.45) is -3.25. The average Bonchev–Trinajstić information content (AvgIpc) is 2.31. The van der Waals surface area contributed by atoms with Gasteiger partial charge in [0.1, 0.15) is 0 Å². The summed E-state index contributed by atoms with van der Waals surface area (Å²) in [6, 6.07) is 0. The summed E-state index contributed by atoms with van der Waals surface area (Å²) in [7, 11) is 0. The van der Waals surface area contributed by atoms with Gasteiger partial charge < -0.3 is 0 Å². The van der Waals surface area contributed by atoms with E-state index in [2.05, 4.69) is 4.74 Å². The Morgan fingerprint density at radius 3 is 1.00 bits per heavy atom. The minimum Gasteiger partial charge on any atom is -0.260 e. The zero-order valence-corrected chi connectivity index (χ0v) is 6.54. The molecule has 10 heteroatoms. The Bertz CT molecular complexity index is 183. The molecule has 0 aromatic heterocycles. The number of ether oxygens (including phenoxy) is 1. The molecule has 0 N–H and O–H groups in total. The van der Waals surface area contributed by atoms with Crippen LogP contribution in [-0.2, 0) is 4.74 Å².